The molecule has 3 heteroatoms. The van der Waals surface area contributed by atoms with Gasteiger partial charge in [0, 0.05) is 0 Å². The van der Waals surface area contributed by atoms with Gasteiger partial charge in [-0.25, -0.2) is 0 Å². The van der Waals surface area contributed by atoms with Gasteiger partial charge in [-0.3, -0.25) is 0 Å². The predicted molar refractivity (Wildman–Crippen MR) is 78.7 cm³/mol. The third-order valence-electron chi connectivity index (χ3n) is 4.81. The van der Waals surface area contributed by atoms with Crippen molar-refractivity contribution in [3.63, 3.8) is 0 Å². The van der Waals surface area contributed by atoms with Crippen LogP contribution in [0.1, 0.15) is 62.3 Å². The number of rotatable bonds is 4. The maximum Gasteiger partial charge on any atom is 0.460 e. The summed E-state index contributed by atoms with van der Waals surface area (Å²) in [6.07, 6.45) is 0. The quantitative estimate of drug-likeness (QED) is 0.692. The van der Waals surface area contributed by atoms with Crippen LogP contribution in [0.2, 0.25) is 5.82 Å². The Balaban J connectivity index is 3.27. The Bertz CT molecular complexity index is 278. The van der Waals surface area contributed by atoms with E-state index in [1.807, 2.05) is 0 Å². The van der Waals surface area contributed by atoms with Gasteiger partial charge in [0.1, 0.15) is 0 Å². The van der Waals surface area contributed by atoms with Gasteiger partial charge in [-0.15, -0.1) is 0 Å². The van der Waals surface area contributed by atoms with Crippen molar-refractivity contribution >= 4 is 7.12 Å². The van der Waals surface area contributed by atoms with Crippen LogP contribution in [0.15, 0.2) is 0 Å². The third-order valence-corrected chi connectivity index (χ3v) is 4.81. The van der Waals surface area contributed by atoms with Gasteiger partial charge in [0.05, 0.1) is 11.2 Å². The highest BCUT2D eigenvalue weighted by Crippen LogP contribution is 2.52. The molecule has 0 saturated carbocycles. The van der Waals surface area contributed by atoms with Crippen molar-refractivity contribution in [3.05, 3.63) is 0 Å². The summed E-state index contributed by atoms with van der Waals surface area (Å²) in [5.41, 5.74) is -0.416. The lowest BCUT2D eigenvalue weighted by Gasteiger charge is -2.50. The zero-order chi connectivity index (χ0) is 14.3. The Morgan fingerprint density at radius 3 is 1.39 bits per heavy atom. The molecule has 0 aromatic heterocycles. The van der Waals surface area contributed by atoms with Gasteiger partial charge in [0.25, 0.3) is 0 Å². The van der Waals surface area contributed by atoms with Crippen molar-refractivity contribution in [1.82, 2.24) is 0 Å². The molecule has 1 aliphatic heterocycles. The van der Waals surface area contributed by atoms with Crippen molar-refractivity contribution in [1.29, 1.82) is 0 Å². The van der Waals surface area contributed by atoms with Crippen LogP contribution in [-0.2, 0) is 9.31 Å². The summed E-state index contributed by atoms with van der Waals surface area (Å²) < 4.78 is 12.9. The maximum atomic E-state index is 6.49. The van der Waals surface area contributed by atoms with Gasteiger partial charge in [0.15, 0.2) is 0 Å². The first kappa shape index (κ1) is 16.0. The zero-order valence-corrected chi connectivity index (χ0v) is 13.7. The van der Waals surface area contributed by atoms with E-state index in [1.54, 1.807) is 0 Å². The molecule has 0 aliphatic carbocycles. The molecule has 1 heterocycles. The molecular formula is C15H31BO2. The molecule has 1 rings (SSSR count). The summed E-state index contributed by atoms with van der Waals surface area (Å²) in [6, 6.07) is 0. The molecule has 2 nitrogen and oxygen atoms in total. The summed E-state index contributed by atoms with van der Waals surface area (Å²) >= 11 is 0. The van der Waals surface area contributed by atoms with E-state index in [1.165, 1.54) is 0 Å². The molecule has 1 aliphatic rings. The van der Waals surface area contributed by atoms with Crippen molar-refractivity contribution in [2.24, 2.45) is 17.8 Å². The summed E-state index contributed by atoms with van der Waals surface area (Å²) in [5, 5.41) is 0. The topological polar surface area (TPSA) is 18.5 Å². The van der Waals surface area contributed by atoms with E-state index in [0.29, 0.717) is 23.6 Å². The second-order valence-corrected chi connectivity index (χ2v) is 7.21. The summed E-state index contributed by atoms with van der Waals surface area (Å²) in [7, 11) is -0.0813. The standard InChI is InChI=1S/C15H31BO2/c1-10(2)14(9)15(11(3)4,12(5)6)18-16(17-14)13(7)8/h10-13H,1-9H3. The van der Waals surface area contributed by atoms with Gasteiger partial charge in [-0.05, 0) is 30.5 Å². The molecule has 1 atom stereocenters. The van der Waals surface area contributed by atoms with Crippen LogP contribution >= 0.6 is 0 Å². The van der Waals surface area contributed by atoms with Crippen LogP contribution in [0.4, 0.5) is 0 Å². The molecule has 0 radical (unpaired) electrons. The van der Waals surface area contributed by atoms with Crippen LogP contribution < -0.4 is 0 Å². The van der Waals surface area contributed by atoms with E-state index < -0.39 is 0 Å². The molecule has 0 bridgehead atoms. The van der Waals surface area contributed by atoms with E-state index in [4.69, 9.17) is 9.31 Å². The third kappa shape index (κ3) is 2.14. The molecule has 0 aromatic carbocycles. The van der Waals surface area contributed by atoms with E-state index in [-0.39, 0.29) is 18.3 Å². The monoisotopic (exact) mass is 254 g/mol. The second-order valence-electron chi connectivity index (χ2n) is 7.21. The first-order valence-corrected chi connectivity index (χ1v) is 7.45. The van der Waals surface area contributed by atoms with E-state index in [2.05, 4.69) is 62.3 Å². The number of hydrogen-bond acceptors (Lipinski definition) is 2. The highest BCUT2D eigenvalue weighted by molar-refractivity contribution is 6.47. The smallest absolute Gasteiger partial charge is 0.402 e. The van der Waals surface area contributed by atoms with E-state index >= 15 is 0 Å². The van der Waals surface area contributed by atoms with Gasteiger partial charge in [0.2, 0.25) is 0 Å². The Labute approximate surface area is 114 Å². The van der Waals surface area contributed by atoms with E-state index in [0.717, 1.165) is 0 Å². The lowest BCUT2D eigenvalue weighted by molar-refractivity contribution is -0.124. The Hall–Kier alpha value is -0.0151. The average Bonchev–Trinajstić information content (AvgIpc) is 2.54. The fraction of sp³-hybridized carbons (Fsp3) is 1.00. The van der Waals surface area contributed by atoms with Crippen LogP contribution in [0.3, 0.4) is 0 Å². The molecule has 1 unspecified atom stereocenters. The lowest BCUT2D eigenvalue weighted by Crippen LogP contribution is -2.59. The molecule has 0 amide bonds. The minimum Gasteiger partial charge on any atom is -0.402 e. The van der Waals surface area contributed by atoms with Gasteiger partial charge in [-0.1, -0.05) is 55.4 Å². The molecule has 1 fully saturated rings. The first-order valence-electron chi connectivity index (χ1n) is 7.45. The molecule has 0 N–H and O–H groups in total. The largest absolute Gasteiger partial charge is 0.460 e. The molecule has 106 valence electrons. The zero-order valence-electron chi connectivity index (χ0n) is 13.7. The highest BCUT2D eigenvalue weighted by Gasteiger charge is 2.63. The van der Waals surface area contributed by atoms with Gasteiger partial charge in [-0.2, -0.15) is 0 Å². The molecular weight excluding hydrogens is 223 g/mol. The van der Waals surface area contributed by atoms with E-state index in [9.17, 15) is 0 Å². The summed E-state index contributed by atoms with van der Waals surface area (Å²) in [6.45, 7) is 20.1. The number of hydrogen-bond donors (Lipinski definition) is 0. The SMILES string of the molecule is CC(C)B1OC(C)(C(C)C)C(C(C)C)(C(C)C)O1. The van der Waals surface area contributed by atoms with Crippen molar-refractivity contribution in [2.45, 2.75) is 79.3 Å². The Morgan fingerprint density at radius 1 is 0.722 bits per heavy atom. The van der Waals surface area contributed by atoms with Gasteiger partial charge < -0.3 is 9.31 Å². The Morgan fingerprint density at radius 2 is 1.17 bits per heavy atom. The maximum absolute atomic E-state index is 6.49. The molecule has 0 aromatic rings. The van der Waals surface area contributed by atoms with Crippen LogP contribution in [0.25, 0.3) is 0 Å². The summed E-state index contributed by atoms with van der Waals surface area (Å²) in [5.74, 6) is 1.70. The minimum atomic E-state index is -0.218. The summed E-state index contributed by atoms with van der Waals surface area (Å²) in [4.78, 5) is 0. The predicted octanol–water partition coefficient (Wildman–Crippen LogP) is 4.40. The lowest BCUT2D eigenvalue weighted by atomic mass is 9.65. The van der Waals surface area contributed by atoms with Crippen LogP contribution in [-0.4, -0.2) is 18.3 Å². The fourth-order valence-electron chi connectivity index (χ4n) is 3.61. The molecule has 18 heavy (non-hydrogen) atoms. The second kappa shape index (κ2) is 5.17. The Kier molecular flexibility index (Phi) is 4.60. The van der Waals surface area contributed by atoms with Crippen molar-refractivity contribution < 1.29 is 9.31 Å². The van der Waals surface area contributed by atoms with Crippen LogP contribution in [0, 0.1) is 17.8 Å². The molecule has 0 spiro atoms. The average molecular weight is 254 g/mol. The highest BCUT2D eigenvalue weighted by atomic mass is 16.7. The van der Waals surface area contributed by atoms with Crippen molar-refractivity contribution in [3.8, 4) is 0 Å². The fourth-order valence-corrected chi connectivity index (χ4v) is 3.61. The first-order chi connectivity index (χ1) is 8.09. The van der Waals surface area contributed by atoms with Gasteiger partial charge >= 0.3 is 7.12 Å². The van der Waals surface area contributed by atoms with Crippen LogP contribution in [0.5, 0.6) is 0 Å². The van der Waals surface area contributed by atoms with Crippen molar-refractivity contribution in [2.75, 3.05) is 0 Å². The molecule has 1 saturated heterocycles. The minimum absolute atomic E-state index is 0.0813. The normalized spacial score (nSPS) is 28.2.